The average Bonchev–Trinajstić information content (AvgIpc) is 3.29. The molecular formula is C41H28N2. The standard InChI is InChI=1S/C41H28N2/c1-41(2)34-23-20-30(31-21-18-27-17-16-25-14-9-15-26-19-22-32(31)36(27)35(25)26)24-33(34)39-37(41)38(28-10-5-3-6-11-28)42-40(43-39)29-12-7-4-8-13-29/h3-24H,1-2H3. The molecule has 1 aromatic heterocycles. The van der Waals surface area contributed by atoms with Gasteiger partial charge in [0.2, 0.25) is 0 Å². The lowest BCUT2D eigenvalue weighted by atomic mass is 9.80. The number of hydrogen-bond donors (Lipinski definition) is 0. The van der Waals surface area contributed by atoms with E-state index in [0.717, 1.165) is 28.3 Å². The zero-order valence-corrected chi connectivity index (χ0v) is 24.1. The van der Waals surface area contributed by atoms with Gasteiger partial charge in [0, 0.05) is 27.7 Å². The van der Waals surface area contributed by atoms with Gasteiger partial charge < -0.3 is 0 Å². The number of benzene rings is 7. The molecule has 0 bridgehead atoms. The lowest BCUT2D eigenvalue weighted by molar-refractivity contribution is 0.658. The largest absolute Gasteiger partial charge is 0.228 e. The maximum atomic E-state index is 5.30. The van der Waals surface area contributed by atoms with Crippen LogP contribution in [-0.4, -0.2) is 9.97 Å². The van der Waals surface area contributed by atoms with E-state index in [1.54, 1.807) is 0 Å². The smallest absolute Gasteiger partial charge is 0.160 e. The van der Waals surface area contributed by atoms with Crippen LogP contribution in [0.25, 0.3) is 77.3 Å². The van der Waals surface area contributed by atoms with E-state index in [-0.39, 0.29) is 5.41 Å². The lowest BCUT2D eigenvalue weighted by Gasteiger charge is -2.24. The zero-order valence-electron chi connectivity index (χ0n) is 24.1. The van der Waals surface area contributed by atoms with E-state index in [1.807, 2.05) is 6.07 Å². The second-order valence-corrected chi connectivity index (χ2v) is 12.2. The van der Waals surface area contributed by atoms with Crippen molar-refractivity contribution in [3.8, 4) is 45.0 Å². The molecule has 1 aliphatic rings. The highest BCUT2D eigenvalue weighted by atomic mass is 14.9. The van der Waals surface area contributed by atoms with Crippen molar-refractivity contribution in [2.45, 2.75) is 19.3 Å². The van der Waals surface area contributed by atoms with Gasteiger partial charge in [-0.1, -0.05) is 141 Å². The molecule has 43 heavy (non-hydrogen) atoms. The second kappa shape index (κ2) is 8.83. The number of fused-ring (bicyclic) bond motifs is 3. The maximum absolute atomic E-state index is 5.30. The van der Waals surface area contributed by atoms with Gasteiger partial charge in [0.25, 0.3) is 0 Å². The number of rotatable bonds is 3. The fourth-order valence-corrected chi connectivity index (χ4v) is 7.34. The van der Waals surface area contributed by atoms with Crippen LogP contribution in [0.3, 0.4) is 0 Å². The van der Waals surface area contributed by atoms with E-state index in [1.165, 1.54) is 60.1 Å². The number of nitrogens with zero attached hydrogens (tertiary/aromatic N) is 2. The molecule has 0 fully saturated rings. The van der Waals surface area contributed by atoms with Gasteiger partial charge in [0.1, 0.15) is 0 Å². The van der Waals surface area contributed by atoms with Crippen LogP contribution in [0.1, 0.15) is 25.0 Å². The first-order chi connectivity index (χ1) is 21.1. The van der Waals surface area contributed by atoms with Crippen molar-refractivity contribution in [1.82, 2.24) is 9.97 Å². The minimum absolute atomic E-state index is 0.244. The molecule has 9 rings (SSSR count). The first-order valence-electron chi connectivity index (χ1n) is 14.9. The summed E-state index contributed by atoms with van der Waals surface area (Å²) in [6.45, 7) is 4.62. The van der Waals surface area contributed by atoms with Crippen LogP contribution in [0.15, 0.2) is 133 Å². The minimum Gasteiger partial charge on any atom is -0.228 e. The molecule has 0 spiro atoms. The summed E-state index contributed by atoms with van der Waals surface area (Å²) >= 11 is 0. The molecule has 1 heterocycles. The monoisotopic (exact) mass is 548 g/mol. The summed E-state index contributed by atoms with van der Waals surface area (Å²) in [5, 5.41) is 7.83. The Morgan fingerprint density at radius 2 is 1.09 bits per heavy atom. The zero-order chi connectivity index (χ0) is 28.7. The molecule has 0 saturated carbocycles. The van der Waals surface area contributed by atoms with Crippen LogP contribution in [0.2, 0.25) is 0 Å². The first kappa shape index (κ1) is 24.3. The van der Waals surface area contributed by atoms with Gasteiger partial charge in [-0.05, 0) is 55.1 Å². The highest BCUT2D eigenvalue weighted by molar-refractivity contribution is 6.25. The van der Waals surface area contributed by atoms with Gasteiger partial charge in [-0.2, -0.15) is 0 Å². The van der Waals surface area contributed by atoms with Crippen molar-refractivity contribution in [2.75, 3.05) is 0 Å². The number of aromatic nitrogens is 2. The van der Waals surface area contributed by atoms with E-state index in [0.29, 0.717) is 0 Å². The van der Waals surface area contributed by atoms with Crippen LogP contribution < -0.4 is 0 Å². The van der Waals surface area contributed by atoms with Gasteiger partial charge in [-0.3, -0.25) is 0 Å². The van der Waals surface area contributed by atoms with Crippen LogP contribution in [0, 0.1) is 0 Å². The summed E-state index contributed by atoms with van der Waals surface area (Å²) in [7, 11) is 0. The highest BCUT2D eigenvalue weighted by Gasteiger charge is 2.40. The molecule has 1 aliphatic carbocycles. The molecule has 0 radical (unpaired) electrons. The van der Waals surface area contributed by atoms with Crippen molar-refractivity contribution >= 4 is 32.3 Å². The molecule has 202 valence electrons. The first-order valence-corrected chi connectivity index (χ1v) is 14.9. The Bertz CT molecular complexity index is 2340. The van der Waals surface area contributed by atoms with Crippen molar-refractivity contribution in [1.29, 1.82) is 0 Å². The Kier molecular flexibility index (Phi) is 4.99. The molecule has 0 amide bonds. The highest BCUT2D eigenvalue weighted by Crippen LogP contribution is 2.52. The average molecular weight is 549 g/mol. The summed E-state index contributed by atoms with van der Waals surface area (Å²) in [6.07, 6.45) is 0. The summed E-state index contributed by atoms with van der Waals surface area (Å²) < 4.78 is 0. The Balaban J connectivity index is 1.31. The van der Waals surface area contributed by atoms with Gasteiger partial charge in [-0.25, -0.2) is 9.97 Å². The molecule has 2 nitrogen and oxygen atoms in total. The molecule has 2 heteroatoms. The maximum Gasteiger partial charge on any atom is 0.160 e. The summed E-state index contributed by atoms with van der Waals surface area (Å²) in [5.41, 5.74) is 10.1. The Labute approximate surface area is 250 Å². The lowest BCUT2D eigenvalue weighted by Crippen LogP contribution is -2.17. The fraction of sp³-hybridized carbons (Fsp3) is 0.0732. The van der Waals surface area contributed by atoms with Crippen LogP contribution >= 0.6 is 0 Å². The molecule has 0 unspecified atom stereocenters. The van der Waals surface area contributed by atoms with Gasteiger partial charge in [0.05, 0.1) is 11.4 Å². The molecule has 0 aliphatic heterocycles. The van der Waals surface area contributed by atoms with E-state index in [9.17, 15) is 0 Å². The van der Waals surface area contributed by atoms with E-state index < -0.39 is 0 Å². The third kappa shape index (κ3) is 3.47. The van der Waals surface area contributed by atoms with E-state index in [2.05, 4.69) is 141 Å². The number of hydrogen-bond acceptors (Lipinski definition) is 2. The Morgan fingerprint density at radius 1 is 0.465 bits per heavy atom. The normalized spacial score (nSPS) is 13.5. The van der Waals surface area contributed by atoms with Crippen molar-refractivity contribution in [2.24, 2.45) is 0 Å². The van der Waals surface area contributed by atoms with E-state index in [4.69, 9.17) is 9.97 Å². The predicted octanol–water partition coefficient (Wildman–Crippen LogP) is 10.7. The molecule has 0 saturated heterocycles. The van der Waals surface area contributed by atoms with Crippen molar-refractivity contribution < 1.29 is 0 Å². The minimum atomic E-state index is -0.244. The fourth-order valence-electron chi connectivity index (χ4n) is 7.34. The Morgan fingerprint density at radius 3 is 1.84 bits per heavy atom. The van der Waals surface area contributed by atoms with Gasteiger partial charge in [-0.15, -0.1) is 0 Å². The molecule has 8 aromatic rings. The summed E-state index contributed by atoms with van der Waals surface area (Å²) in [6, 6.07) is 48.1. The summed E-state index contributed by atoms with van der Waals surface area (Å²) in [4.78, 5) is 10.5. The third-order valence-corrected chi connectivity index (χ3v) is 9.40. The molecular weight excluding hydrogens is 520 g/mol. The van der Waals surface area contributed by atoms with Gasteiger partial charge >= 0.3 is 0 Å². The summed E-state index contributed by atoms with van der Waals surface area (Å²) in [5.74, 6) is 0.759. The topological polar surface area (TPSA) is 25.8 Å². The van der Waals surface area contributed by atoms with Crippen LogP contribution in [-0.2, 0) is 5.41 Å². The molecule has 0 atom stereocenters. The molecule has 7 aromatic carbocycles. The quantitative estimate of drug-likeness (QED) is 0.205. The van der Waals surface area contributed by atoms with Crippen molar-refractivity contribution in [3.63, 3.8) is 0 Å². The van der Waals surface area contributed by atoms with Gasteiger partial charge in [0.15, 0.2) is 5.82 Å². The Hall–Kier alpha value is -5.34. The SMILES string of the molecule is CC1(C)c2ccc(-c3ccc4ccc5cccc6ccc3c4c56)cc2-c2nc(-c3ccccc3)nc(-c3ccccc3)c21. The third-order valence-electron chi connectivity index (χ3n) is 9.40. The van der Waals surface area contributed by atoms with E-state index >= 15 is 0 Å². The second-order valence-electron chi connectivity index (χ2n) is 12.2. The predicted molar refractivity (Wildman–Crippen MR) is 180 cm³/mol. The molecule has 0 N–H and O–H groups in total. The van der Waals surface area contributed by atoms with Crippen LogP contribution in [0.5, 0.6) is 0 Å². The van der Waals surface area contributed by atoms with Crippen LogP contribution in [0.4, 0.5) is 0 Å². The van der Waals surface area contributed by atoms with Crippen molar-refractivity contribution in [3.05, 3.63) is 145 Å².